The van der Waals surface area contributed by atoms with E-state index in [0.717, 1.165) is 30.9 Å². The molecule has 4 heteroatoms. The molecule has 0 radical (unpaired) electrons. The third-order valence-corrected chi connectivity index (χ3v) is 2.67. The van der Waals surface area contributed by atoms with E-state index in [1.165, 1.54) is 11.6 Å². The largest absolute Gasteiger partial charge is 0.407 e. The first-order valence-electron chi connectivity index (χ1n) is 6.03. The molecular formula is C14H18F3N. The fraction of sp³-hybridized carbons (Fsp3) is 0.429. The van der Waals surface area contributed by atoms with E-state index in [1.807, 2.05) is 24.3 Å². The van der Waals surface area contributed by atoms with Crippen molar-refractivity contribution in [2.45, 2.75) is 38.4 Å². The number of rotatable bonds is 5. The Balaban J connectivity index is 2.61. The SMILES string of the molecule is CCCCc1ccc(C=C[C@H](N)C(F)(F)F)cc1. The fourth-order valence-electron chi connectivity index (χ4n) is 1.50. The van der Waals surface area contributed by atoms with E-state index in [2.05, 4.69) is 6.92 Å². The van der Waals surface area contributed by atoms with Gasteiger partial charge in [0.25, 0.3) is 0 Å². The minimum absolute atomic E-state index is 0.731. The molecule has 0 amide bonds. The maximum absolute atomic E-state index is 12.2. The lowest BCUT2D eigenvalue weighted by Crippen LogP contribution is -2.35. The van der Waals surface area contributed by atoms with Gasteiger partial charge in [0.05, 0.1) is 0 Å². The summed E-state index contributed by atoms with van der Waals surface area (Å²) < 4.78 is 36.5. The van der Waals surface area contributed by atoms with Gasteiger partial charge in [-0.2, -0.15) is 13.2 Å². The van der Waals surface area contributed by atoms with E-state index >= 15 is 0 Å². The average Bonchev–Trinajstić information content (AvgIpc) is 2.33. The maximum atomic E-state index is 12.2. The van der Waals surface area contributed by atoms with Crippen LogP contribution in [0, 0.1) is 0 Å². The summed E-state index contributed by atoms with van der Waals surface area (Å²) in [6.07, 6.45) is 1.25. The number of unbranched alkanes of at least 4 members (excludes halogenated alkanes) is 1. The van der Waals surface area contributed by atoms with Crippen LogP contribution in [0.15, 0.2) is 30.3 Å². The highest BCUT2D eigenvalue weighted by atomic mass is 19.4. The topological polar surface area (TPSA) is 26.0 Å². The Hall–Kier alpha value is -1.29. The van der Waals surface area contributed by atoms with Crippen molar-refractivity contribution in [2.75, 3.05) is 0 Å². The molecule has 0 heterocycles. The molecule has 0 spiro atoms. The monoisotopic (exact) mass is 257 g/mol. The Kier molecular flexibility index (Phi) is 5.41. The van der Waals surface area contributed by atoms with Crippen LogP contribution >= 0.6 is 0 Å². The maximum Gasteiger partial charge on any atom is 0.407 e. The van der Waals surface area contributed by atoms with Gasteiger partial charge in [-0.15, -0.1) is 0 Å². The summed E-state index contributed by atoms with van der Waals surface area (Å²) in [7, 11) is 0. The Morgan fingerprint density at radius 2 is 1.83 bits per heavy atom. The standard InChI is InChI=1S/C14H18F3N/c1-2-3-4-11-5-7-12(8-6-11)9-10-13(18)14(15,16)17/h5-10,13H,2-4,18H2,1H3/t13-/m0/s1. The first-order valence-corrected chi connectivity index (χ1v) is 6.03. The molecule has 0 saturated carbocycles. The van der Waals surface area contributed by atoms with Crippen molar-refractivity contribution in [3.8, 4) is 0 Å². The van der Waals surface area contributed by atoms with Crippen molar-refractivity contribution in [3.05, 3.63) is 41.5 Å². The molecule has 1 rings (SSSR count). The van der Waals surface area contributed by atoms with Gasteiger partial charge in [-0.05, 0) is 24.0 Å². The lowest BCUT2D eigenvalue weighted by molar-refractivity contribution is -0.136. The summed E-state index contributed by atoms with van der Waals surface area (Å²) >= 11 is 0. The van der Waals surface area contributed by atoms with E-state index in [-0.39, 0.29) is 0 Å². The van der Waals surface area contributed by atoms with Crippen molar-refractivity contribution in [3.63, 3.8) is 0 Å². The van der Waals surface area contributed by atoms with Crippen LogP contribution in [0.2, 0.25) is 0 Å². The molecule has 1 aromatic carbocycles. The second-order valence-electron chi connectivity index (χ2n) is 4.27. The van der Waals surface area contributed by atoms with Crippen molar-refractivity contribution in [1.29, 1.82) is 0 Å². The highest BCUT2D eigenvalue weighted by Gasteiger charge is 2.34. The number of halogens is 3. The summed E-state index contributed by atoms with van der Waals surface area (Å²) in [4.78, 5) is 0. The Morgan fingerprint density at radius 1 is 1.22 bits per heavy atom. The third kappa shape index (κ3) is 4.92. The predicted octanol–water partition coefficient (Wildman–Crippen LogP) is 3.93. The molecule has 0 aliphatic rings. The van der Waals surface area contributed by atoms with Gasteiger partial charge in [0.15, 0.2) is 0 Å². The second-order valence-corrected chi connectivity index (χ2v) is 4.27. The molecule has 0 aliphatic heterocycles. The van der Waals surface area contributed by atoms with Gasteiger partial charge in [-0.3, -0.25) is 0 Å². The summed E-state index contributed by atoms with van der Waals surface area (Å²) in [6, 6.07) is 5.59. The zero-order valence-electron chi connectivity index (χ0n) is 10.4. The molecule has 18 heavy (non-hydrogen) atoms. The van der Waals surface area contributed by atoms with Gasteiger partial charge < -0.3 is 5.73 Å². The lowest BCUT2D eigenvalue weighted by atomic mass is 10.1. The molecule has 0 aromatic heterocycles. The first-order chi connectivity index (χ1) is 8.43. The third-order valence-electron chi connectivity index (χ3n) is 2.67. The summed E-state index contributed by atoms with van der Waals surface area (Å²) in [6.45, 7) is 2.12. The molecule has 0 bridgehead atoms. The van der Waals surface area contributed by atoms with Crippen LogP contribution in [-0.2, 0) is 6.42 Å². The first kappa shape index (κ1) is 14.8. The number of hydrogen-bond acceptors (Lipinski definition) is 1. The van der Waals surface area contributed by atoms with Gasteiger partial charge in [0.1, 0.15) is 6.04 Å². The molecule has 0 unspecified atom stereocenters. The minimum Gasteiger partial charge on any atom is -0.317 e. The van der Waals surface area contributed by atoms with Crippen LogP contribution < -0.4 is 5.73 Å². The second kappa shape index (κ2) is 6.59. The Morgan fingerprint density at radius 3 is 2.33 bits per heavy atom. The number of nitrogens with two attached hydrogens (primary N) is 1. The van der Waals surface area contributed by atoms with E-state index in [1.54, 1.807) is 0 Å². The van der Waals surface area contributed by atoms with E-state index < -0.39 is 12.2 Å². The van der Waals surface area contributed by atoms with E-state index in [4.69, 9.17) is 5.73 Å². The smallest absolute Gasteiger partial charge is 0.317 e. The average molecular weight is 257 g/mol. The van der Waals surface area contributed by atoms with Crippen LogP contribution in [0.5, 0.6) is 0 Å². The number of hydrogen-bond donors (Lipinski definition) is 1. The summed E-state index contributed by atoms with van der Waals surface area (Å²) in [5.41, 5.74) is 6.92. The van der Waals surface area contributed by atoms with Crippen LogP contribution in [0.3, 0.4) is 0 Å². The van der Waals surface area contributed by atoms with Crippen LogP contribution in [0.25, 0.3) is 6.08 Å². The van der Waals surface area contributed by atoms with E-state index in [9.17, 15) is 13.2 Å². The summed E-state index contributed by atoms with van der Waals surface area (Å²) in [5, 5.41) is 0. The summed E-state index contributed by atoms with van der Waals surface area (Å²) in [5.74, 6) is 0. The van der Waals surface area contributed by atoms with Crippen molar-refractivity contribution >= 4 is 6.08 Å². The zero-order chi connectivity index (χ0) is 13.6. The van der Waals surface area contributed by atoms with Gasteiger partial charge in [-0.25, -0.2) is 0 Å². The minimum atomic E-state index is -4.38. The normalized spacial score (nSPS) is 14.1. The highest BCUT2D eigenvalue weighted by Crippen LogP contribution is 2.20. The van der Waals surface area contributed by atoms with Crippen molar-refractivity contribution in [2.24, 2.45) is 5.73 Å². The van der Waals surface area contributed by atoms with Crippen LogP contribution in [0.1, 0.15) is 30.9 Å². The number of benzene rings is 1. The molecular weight excluding hydrogens is 239 g/mol. The lowest BCUT2D eigenvalue weighted by Gasteiger charge is -2.10. The Labute approximate surface area is 105 Å². The molecule has 0 aliphatic carbocycles. The van der Waals surface area contributed by atoms with Crippen molar-refractivity contribution < 1.29 is 13.2 Å². The fourth-order valence-corrected chi connectivity index (χ4v) is 1.50. The molecule has 100 valence electrons. The molecule has 1 aromatic rings. The predicted molar refractivity (Wildman–Crippen MR) is 68.1 cm³/mol. The quantitative estimate of drug-likeness (QED) is 0.849. The Bertz CT molecular complexity index is 379. The van der Waals surface area contributed by atoms with Crippen LogP contribution in [-0.4, -0.2) is 12.2 Å². The van der Waals surface area contributed by atoms with Gasteiger partial charge in [0.2, 0.25) is 0 Å². The van der Waals surface area contributed by atoms with Gasteiger partial charge in [-0.1, -0.05) is 49.8 Å². The molecule has 0 saturated heterocycles. The van der Waals surface area contributed by atoms with Crippen molar-refractivity contribution in [1.82, 2.24) is 0 Å². The van der Waals surface area contributed by atoms with Gasteiger partial charge >= 0.3 is 6.18 Å². The molecule has 1 atom stereocenters. The molecule has 2 N–H and O–H groups in total. The highest BCUT2D eigenvalue weighted by molar-refractivity contribution is 5.50. The number of alkyl halides is 3. The van der Waals surface area contributed by atoms with E-state index in [0.29, 0.717) is 0 Å². The molecule has 0 fully saturated rings. The van der Waals surface area contributed by atoms with Gasteiger partial charge in [0, 0.05) is 0 Å². The molecule has 1 nitrogen and oxygen atoms in total. The zero-order valence-corrected chi connectivity index (χ0v) is 10.4. The number of aryl methyl sites for hydroxylation is 1. The van der Waals surface area contributed by atoms with Crippen LogP contribution in [0.4, 0.5) is 13.2 Å².